The Kier molecular flexibility index (Phi) is 5.51. The van der Waals surface area contributed by atoms with Gasteiger partial charge in [0.2, 0.25) is 0 Å². The Morgan fingerprint density at radius 2 is 1.46 bits per heavy atom. The molecule has 2 N–H and O–H groups in total. The Bertz CT molecular complexity index is 1120. The van der Waals surface area contributed by atoms with Gasteiger partial charge in [-0.2, -0.15) is 0 Å². The summed E-state index contributed by atoms with van der Waals surface area (Å²) in [6.45, 7) is 5.81. The molecule has 0 spiro atoms. The molecule has 0 aliphatic heterocycles. The second-order valence-corrected chi connectivity index (χ2v) is 8.38. The van der Waals surface area contributed by atoms with E-state index in [0.29, 0.717) is 16.9 Å². The van der Waals surface area contributed by atoms with Crippen molar-refractivity contribution >= 4 is 27.3 Å². The zero-order valence-corrected chi connectivity index (χ0v) is 16.8. The molecule has 3 aromatic rings. The van der Waals surface area contributed by atoms with E-state index in [-0.39, 0.29) is 10.8 Å². The number of carbonyl (C=O) groups is 1. The quantitative estimate of drug-likeness (QED) is 0.661. The van der Waals surface area contributed by atoms with Crippen molar-refractivity contribution in [3.63, 3.8) is 0 Å². The van der Waals surface area contributed by atoms with Crippen LogP contribution in [0.15, 0.2) is 71.6 Å². The molecule has 28 heavy (non-hydrogen) atoms. The third-order valence-electron chi connectivity index (χ3n) is 4.58. The lowest BCUT2D eigenvalue weighted by Gasteiger charge is -2.11. The van der Waals surface area contributed by atoms with Crippen LogP contribution in [0.3, 0.4) is 0 Å². The number of nitrogens with one attached hydrogen (secondary N) is 2. The van der Waals surface area contributed by atoms with E-state index in [4.69, 9.17) is 0 Å². The number of amides is 1. The summed E-state index contributed by atoms with van der Waals surface area (Å²) in [4.78, 5) is 12.5. The molecule has 0 unspecified atom stereocenters. The van der Waals surface area contributed by atoms with Gasteiger partial charge in [0.05, 0.1) is 10.6 Å². The molecule has 144 valence electrons. The van der Waals surface area contributed by atoms with Gasteiger partial charge in [-0.05, 0) is 79.9 Å². The summed E-state index contributed by atoms with van der Waals surface area (Å²) in [6.07, 6.45) is 0. The van der Waals surface area contributed by atoms with Gasteiger partial charge in [0, 0.05) is 11.3 Å². The molecule has 0 fully saturated rings. The topological polar surface area (TPSA) is 75.3 Å². The van der Waals surface area contributed by atoms with Crippen molar-refractivity contribution in [1.29, 1.82) is 0 Å². The summed E-state index contributed by atoms with van der Waals surface area (Å²) in [6, 6.07) is 18.7. The Morgan fingerprint density at radius 3 is 2.11 bits per heavy atom. The van der Waals surface area contributed by atoms with Crippen molar-refractivity contribution in [1.82, 2.24) is 0 Å². The number of para-hydroxylation sites is 1. The minimum absolute atomic E-state index is 0.0958. The first-order valence-electron chi connectivity index (χ1n) is 8.83. The fourth-order valence-corrected chi connectivity index (χ4v) is 3.83. The van der Waals surface area contributed by atoms with Gasteiger partial charge in [-0.3, -0.25) is 9.52 Å². The number of benzene rings is 3. The molecule has 0 heterocycles. The molecule has 1 amide bonds. The smallest absolute Gasteiger partial charge is 0.261 e. The first kappa shape index (κ1) is 19.6. The van der Waals surface area contributed by atoms with Crippen LogP contribution < -0.4 is 10.0 Å². The highest BCUT2D eigenvalue weighted by molar-refractivity contribution is 7.92. The van der Waals surface area contributed by atoms with Gasteiger partial charge in [0.1, 0.15) is 0 Å². The molecule has 0 saturated carbocycles. The third-order valence-corrected chi connectivity index (χ3v) is 5.96. The molecule has 0 aliphatic carbocycles. The summed E-state index contributed by atoms with van der Waals surface area (Å²) in [5.74, 6) is -0.293. The second-order valence-electron chi connectivity index (χ2n) is 6.70. The summed E-state index contributed by atoms with van der Waals surface area (Å²) in [7, 11) is -3.73. The summed E-state index contributed by atoms with van der Waals surface area (Å²) in [5, 5.41) is 2.83. The van der Waals surface area contributed by atoms with E-state index in [2.05, 4.69) is 10.0 Å². The minimum Gasteiger partial charge on any atom is -0.322 e. The third kappa shape index (κ3) is 4.40. The van der Waals surface area contributed by atoms with Gasteiger partial charge >= 0.3 is 0 Å². The van der Waals surface area contributed by atoms with Crippen LogP contribution >= 0.6 is 0 Å². The molecule has 0 radical (unpaired) electrons. The zero-order valence-electron chi connectivity index (χ0n) is 16.0. The van der Waals surface area contributed by atoms with E-state index in [0.717, 1.165) is 16.7 Å². The number of rotatable bonds is 5. The van der Waals surface area contributed by atoms with E-state index in [9.17, 15) is 13.2 Å². The Labute approximate surface area is 165 Å². The fraction of sp³-hybridized carbons (Fsp3) is 0.136. The standard InChI is InChI=1S/C22H22N2O3S/c1-15-8-11-19(14-17(15)3)23-22(25)18-9-12-20(13-10-18)28(26,27)24-21-7-5-4-6-16(21)2/h4-14,24H,1-3H3,(H,23,25). The minimum atomic E-state index is -3.73. The molecular formula is C22H22N2O3S. The van der Waals surface area contributed by atoms with Gasteiger partial charge < -0.3 is 5.32 Å². The van der Waals surface area contributed by atoms with Crippen LogP contribution in [0.5, 0.6) is 0 Å². The highest BCUT2D eigenvalue weighted by Crippen LogP contribution is 2.20. The largest absolute Gasteiger partial charge is 0.322 e. The van der Waals surface area contributed by atoms with E-state index >= 15 is 0 Å². The molecule has 0 atom stereocenters. The highest BCUT2D eigenvalue weighted by Gasteiger charge is 2.16. The van der Waals surface area contributed by atoms with Gasteiger partial charge in [0.25, 0.3) is 15.9 Å². The Morgan fingerprint density at radius 1 is 0.786 bits per heavy atom. The van der Waals surface area contributed by atoms with Crippen molar-refractivity contribution in [2.75, 3.05) is 10.0 Å². The molecule has 0 aromatic heterocycles. The lowest BCUT2D eigenvalue weighted by Crippen LogP contribution is -2.15. The van der Waals surface area contributed by atoms with E-state index in [1.807, 2.05) is 51.1 Å². The molecule has 0 bridgehead atoms. The number of anilines is 2. The van der Waals surface area contributed by atoms with Crippen LogP contribution in [-0.4, -0.2) is 14.3 Å². The van der Waals surface area contributed by atoms with Gasteiger partial charge in [0.15, 0.2) is 0 Å². The van der Waals surface area contributed by atoms with Crippen LogP contribution in [0, 0.1) is 20.8 Å². The monoisotopic (exact) mass is 394 g/mol. The molecule has 0 saturated heterocycles. The number of sulfonamides is 1. The van der Waals surface area contributed by atoms with Gasteiger partial charge in [-0.15, -0.1) is 0 Å². The van der Waals surface area contributed by atoms with Crippen molar-refractivity contribution in [2.24, 2.45) is 0 Å². The van der Waals surface area contributed by atoms with Crippen LogP contribution in [0.25, 0.3) is 0 Å². The van der Waals surface area contributed by atoms with Crippen LogP contribution in [0.2, 0.25) is 0 Å². The van der Waals surface area contributed by atoms with Crippen LogP contribution in [0.4, 0.5) is 11.4 Å². The van der Waals surface area contributed by atoms with Crippen molar-refractivity contribution < 1.29 is 13.2 Å². The summed E-state index contributed by atoms with van der Waals surface area (Å²) < 4.78 is 27.7. The van der Waals surface area contributed by atoms with Crippen LogP contribution in [-0.2, 0) is 10.0 Å². The van der Waals surface area contributed by atoms with Crippen molar-refractivity contribution in [3.8, 4) is 0 Å². The second kappa shape index (κ2) is 7.86. The number of carbonyl (C=O) groups excluding carboxylic acids is 1. The number of hydrogen-bond donors (Lipinski definition) is 2. The molecular weight excluding hydrogens is 372 g/mol. The lowest BCUT2D eigenvalue weighted by molar-refractivity contribution is 0.102. The maximum atomic E-state index is 12.6. The molecule has 0 aliphatic rings. The summed E-state index contributed by atoms with van der Waals surface area (Å²) in [5.41, 5.74) is 4.67. The van der Waals surface area contributed by atoms with E-state index < -0.39 is 10.0 Å². The predicted molar refractivity (Wildman–Crippen MR) is 112 cm³/mol. The maximum Gasteiger partial charge on any atom is 0.261 e. The molecule has 3 rings (SSSR count). The van der Waals surface area contributed by atoms with Crippen molar-refractivity contribution in [3.05, 3.63) is 89.0 Å². The number of hydrogen-bond acceptors (Lipinski definition) is 3. The average Bonchev–Trinajstić information content (AvgIpc) is 2.66. The van der Waals surface area contributed by atoms with Crippen LogP contribution in [0.1, 0.15) is 27.0 Å². The van der Waals surface area contributed by atoms with Crippen molar-refractivity contribution in [2.45, 2.75) is 25.7 Å². The lowest BCUT2D eigenvalue weighted by atomic mass is 10.1. The zero-order chi connectivity index (χ0) is 20.3. The maximum absolute atomic E-state index is 12.6. The first-order chi connectivity index (χ1) is 13.3. The molecule has 5 nitrogen and oxygen atoms in total. The van der Waals surface area contributed by atoms with Gasteiger partial charge in [-0.25, -0.2) is 8.42 Å². The Hall–Kier alpha value is -3.12. The summed E-state index contributed by atoms with van der Waals surface area (Å²) >= 11 is 0. The predicted octanol–water partition coefficient (Wildman–Crippen LogP) is 4.66. The van der Waals surface area contributed by atoms with Gasteiger partial charge in [-0.1, -0.05) is 24.3 Å². The molecule has 3 aromatic carbocycles. The SMILES string of the molecule is Cc1ccc(NC(=O)c2ccc(S(=O)(=O)Nc3ccccc3C)cc2)cc1C. The Balaban J connectivity index is 1.76. The van der Waals surface area contributed by atoms with E-state index in [1.165, 1.54) is 24.3 Å². The fourth-order valence-electron chi connectivity index (χ4n) is 2.70. The van der Waals surface area contributed by atoms with E-state index in [1.54, 1.807) is 12.1 Å². The first-order valence-corrected chi connectivity index (χ1v) is 10.3. The average molecular weight is 394 g/mol. The normalized spacial score (nSPS) is 11.1. The number of aryl methyl sites for hydroxylation is 3. The highest BCUT2D eigenvalue weighted by atomic mass is 32.2. The molecule has 6 heteroatoms.